The predicted octanol–water partition coefficient (Wildman–Crippen LogP) is 4.98. The van der Waals surface area contributed by atoms with Gasteiger partial charge < -0.3 is 20.1 Å². The van der Waals surface area contributed by atoms with Gasteiger partial charge in [-0.3, -0.25) is 0 Å². The van der Waals surface area contributed by atoms with Crippen LogP contribution in [0.3, 0.4) is 0 Å². The highest BCUT2D eigenvalue weighted by atomic mass is 31.2. The lowest BCUT2D eigenvalue weighted by molar-refractivity contribution is 0.164. The molecule has 0 saturated carbocycles. The fourth-order valence-corrected chi connectivity index (χ4v) is 6.12. The van der Waals surface area contributed by atoms with Crippen molar-refractivity contribution in [1.82, 2.24) is 19.9 Å². The molecule has 0 amide bonds. The molecule has 3 aromatic rings. The van der Waals surface area contributed by atoms with Crippen molar-refractivity contribution in [1.29, 1.82) is 5.26 Å². The number of hydrogen-bond donors (Lipinski definition) is 2. The molecule has 0 spiro atoms. The van der Waals surface area contributed by atoms with Crippen LogP contribution in [0.15, 0.2) is 36.5 Å². The summed E-state index contributed by atoms with van der Waals surface area (Å²) in [4.78, 5) is 15.8. The maximum absolute atomic E-state index is 12.5. The Bertz CT molecular complexity index is 1420. The SMILES string of the molecule is CN1Cc2cc(Nc3ncc(C#N)c(Nc4cccc(P(C)(C)=O)n4)n3)cc3c2C(C1)C(C)(C)CC3. The smallest absolute Gasteiger partial charge is 0.229 e. The lowest BCUT2D eigenvalue weighted by Crippen LogP contribution is -2.41. The van der Waals surface area contributed by atoms with Gasteiger partial charge in [0.25, 0.3) is 0 Å². The topological polar surface area (TPSA) is 107 Å². The second-order valence-electron chi connectivity index (χ2n) is 11.0. The van der Waals surface area contributed by atoms with Crippen LogP contribution in [0.1, 0.15) is 48.4 Å². The standard InChI is InChI=1S/C27H32N7OP/c1-27(2)10-9-17-11-20(12-18-15-34(3)16-21(27)24(17)18)30-26-29-14-19(13-28)25(33-26)32-22-7-6-8-23(31-22)36(4,5)35/h6-8,11-12,14,21H,9-10,15-16H2,1-5H3,(H2,29,30,31,32,33). The number of nitrogens with zero attached hydrogens (tertiary/aromatic N) is 5. The van der Waals surface area contributed by atoms with Crippen molar-refractivity contribution in [2.75, 3.05) is 37.6 Å². The molecule has 36 heavy (non-hydrogen) atoms. The van der Waals surface area contributed by atoms with Crippen LogP contribution in [0.25, 0.3) is 0 Å². The molecule has 2 aromatic heterocycles. The summed E-state index contributed by atoms with van der Waals surface area (Å²) in [5.41, 5.74) is 6.35. The quantitative estimate of drug-likeness (QED) is 0.472. The number of nitrogens with one attached hydrogen (secondary N) is 2. The normalized spacial score (nSPS) is 18.7. The molecule has 9 heteroatoms. The Labute approximate surface area is 212 Å². The summed E-state index contributed by atoms with van der Waals surface area (Å²) in [7, 11) is -0.330. The second kappa shape index (κ2) is 8.99. The first-order valence-corrected chi connectivity index (χ1v) is 14.8. The molecule has 1 aliphatic carbocycles. The van der Waals surface area contributed by atoms with Crippen LogP contribution in [-0.4, -0.2) is 46.8 Å². The van der Waals surface area contributed by atoms with Crippen LogP contribution in [0.4, 0.5) is 23.3 Å². The Morgan fingerprint density at radius 1 is 1.17 bits per heavy atom. The molecule has 5 rings (SSSR count). The molecule has 0 fully saturated rings. The van der Waals surface area contributed by atoms with Gasteiger partial charge in [-0.15, -0.1) is 0 Å². The summed E-state index contributed by atoms with van der Waals surface area (Å²) in [6.07, 6.45) is 3.73. The Hall–Kier alpha value is -3.27. The zero-order chi connectivity index (χ0) is 25.7. The molecule has 1 aliphatic heterocycles. The third kappa shape index (κ3) is 4.74. The van der Waals surface area contributed by atoms with Gasteiger partial charge in [0.15, 0.2) is 5.82 Å². The van der Waals surface area contributed by atoms with Crippen molar-refractivity contribution in [3.8, 4) is 6.07 Å². The van der Waals surface area contributed by atoms with E-state index in [9.17, 15) is 9.83 Å². The van der Waals surface area contributed by atoms with Crippen molar-refractivity contribution in [2.45, 2.75) is 39.2 Å². The van der Waals surface area contributed by atoms with Crippen LogP contribution < -0.4 is 16.1 Å². The molecule has 0 saturated heterocycles. The van der Waals surface area contributed by atoms with E-state index in [4.69, 9.17) is 0 Å². The molecular formula is C27H32N7OP. The summed E-state index contributed by atoms with van der Waals surface area (Å²) in [5.74, 6) is 1.76. The average molecular weight is 502 g/mol. The molecule has 2 N–H and O–H groups in total. The van der Waals surface area contributed by atoms with Gasteiger partial charge in [-0.05, 0) is 79.6 Å². The minimum Gasteiger partial charge on any atom is -0.324 e. The van der Waals surface area contributed by atoms with Crippen molar-refractivity contribution >= 4 is 35.8 Å². The molecular weight excluding hydrogens is 469 g/mol. The maximum atomic E-state index is 12.5. The number of benzene rings is 1. The Morgan fingerprint density at radius 3 is 2.69 bits per heavy atom. The van der Waals surface area contributed by atoms with E-state index in [0.29, 0.717) is 34.5 Å². The minimum atomic E-state index is -2.52. The largest absolute Gasteiger partial charge is 0.324 e. The van der Waals surface area contributed by atoms with E-state index in [2.05, 4.69) is 69.6 Å². The number of rotatable bonds is 5. The van der Waals surface area contributed by atoms with Crippen molar-refractivity contribution in [3.05, 3.63) is 58.8 Å². The number of hydrogen-bond acceptors (Lipinski definition) is 8. The van der Waals surface area contributed by atoms with Crippen LogP contribution in [0.2, 0.25) is 0 Å². The van der Waals surface area contributed by atoms with Gasteiger partial charge >= 0.3 is 0 Å². The van der Waals surface area contributed by atoms with Crippen LogP contribution in [-0.2, 0) is 17.5 Å². The number of anilines is 4. The first-order valence-electron chi connectivity index (χ1n) is 12.2. The first-order chi connectivity index (χ1) is 17.0. The number of aromatic nitrogens is 3. The van der Waals surface area contributed by atoms with Gasteiger partial charge in [0.1, 0.15) is 30.0 Å². The van der Waals surface area contributed by atoms with E-state index in [1.165, 1.54) is 22.9 Å². The average Bonchev–Trinajstić information content (AvgIpc) is 2.81. The highest BCUT2D eigenvalue weighted by Gasteiger charge is 2.40. The molecule has 186 valence electrons. The highest BCUT2D eigenvalue weighted by molar-refractivity contribution is 7.69. The fraction of sp³-hybridized carbons (Fsp3) is 0.407. The predicted molar refractivity (Wildman–Crippen MR) is 144 cm³/mol. The molecule has 8 nitrogen and oxygen atoms in total. The zero-order valence-electron chi connectivity index (χ0n) is 21.5. The van der Waals surface area contributed by atoms with Crippen molar-refractivity contribution < 1.29 is 4.57 Å². The Kier molecular flexibility index (Phi) is 6.10. The van der Waals surface area contributed by atoms with Gasteiger partial charge in [-0.25, -0.2) is 9.97 Å². The van der Waals surface area contributed by atoms with Gasteiger partial charge in [0.2, 0.25) is 5.95 Å². The Morgan fingerprint density at radius 2 is 1.94 bits per heavy atom. The summed E-state index contributed by atoms with van der Waals surface area (Å²) in [6, 6.07) is 11.9. The van der Waals surface area contributed by atoms with Gasteiger partial charge in [0, 0.05) is 24.7 Å². The summed E-state index contributed by atoms with van der Waals surface area (Å²) in [5, 5.41) is 16.1. The number of likely N-dealkylation sites (N-methyl/N-ethyl adjacent to an activating group) is 1. The molecule has 0 bridgehead atoms. The van der Waals surface area contributed by atoms with Crippen LogP contribution in [0.5, 0.6) is 0 Å². The van der Waals surface area contributed by atoms with Crippen LogP contribution in [0, 0.1) is 16.7 Å². The molecule has 2 aliphatic rings. The van der Waals surface area contributed by atoms with E-state index >= 15 is 0 Å². The van der Waals surface area contributed by atoms with Crippen LogP contribution >= 0.6 is 7.14 Å². The number of nitriles is 1. The molecule has 0 radical (unpaired) electrons. The maximum Gasteiger partial charge on any atom is 0.229 e. The zero-order valence-corrected chi connectivity index (χ0v) is 22.4. The molecule has 1 aromatic carbocycles. The molecule has 3 heterocycles. The summed E-state index contributed by atoms with van der Waals surface area (Å²) in [6.45, 7) is 10.2. The third-order valence-corrected chi connectivity index (χ3v) is 8.67. The summed E-state index contributed by atoms with van der Waals surface area (Å²) < 4.78 is 12.5. The van der Waals surface area contributed by atoms with E-state index in [1.807, 2.05) is 0 Å². The number of pyridine rings is 1. The Balaban J connectivity index is 1.46. The first kappa shape index (κ1) is 24.4. The van der Waals surface area contributed by atoms with Gasteiger partial charge in [-0.1, -0.05) is 19.9 Å². The van der Waals surface area contributed by atoms with E-state index in [0.717, 1.165) is 31.6 Å². The fourth-order valence-electron chi connectivity index (χ4n) is 5.33. The monoisotopic (exact) mass is 501 g/mol. The van der Waals surface area contributed by atoms with E-state index in [1.54, 1.807) is 31.5 Å². The minimum absolute atomic E-state index is 0.289. The highest BCUT2D eigenvalue weighted by Crippen LogP contribution is 2.49. The lowest BCUT2D eigenvalue weighted by Gasteiger charge is -2.46. The van der Waals surface area contributed by atoms with Gasteiger partial charge in [-0.2, -0.15) is 10.2 Å². The van der Waals surface area contributed by atoms with Crippen molar-refractivity contribution in [2.24, 2.45) is 5.41 Å². The molecule has 1 atom stereocenters. The third-order valence-electron chi connectivity index (χ3n) is 7.31. The van der Waals surface area contributed by atoms with E-state index in [-0.39, 0.29) is 5.41 Å². The van der Waals surface area contributed by atoms with Crippen molar-refractivity contribution in [3.63, 3.8) is 0 Å². The second-order valence-corrected chi connectivity index (χ2v) is 14.2. The molecule has 1 unspecified atom stereocenters. The van der Waals surface area contributed by atoms with Gasteiger partial charge in [0.05, 0.1) is 6.20 Å². The number of aryl methyl sites for hydroxylation is 1. The van der Waals surface area contributed by atoms with E-state index < -0.39 is 7.14 Å². The lowest BCUT2D eigenvalue weighted by atomic mass is 9.63. The summed E-state index contributed by atoms with van der Waals surface area (Å²) >= 11 is 0.